The lowest BCUT2D eigenvalue weighted by Gasteiger charge is -2.11. The molecular formula is C22H18BrNO4S. The van der Waals surface area contributed by atoms with Crippen LogP contribution in [0.15, 0.2) is 93.1 Å². The van der Waals surface area contributed by atoms with Gasteiger partial charge in [-0.3, -0.25) is 4.79 Å². The number of carbonyl (C=O) groups is 2. The lowest BCUT2D eigenvalue weighted by Crippen LogP contribution is -2.23. The van der Waals surface area contributed by atoms with Crippen molar-refractivity contribution in [3.05, 3.63) is 83.3 Å². The van der Waals surface area contributed by atoms with E-state index in [1.807, 2.05) is 54.6 Å². The van der Waals surface area contributed by atoms with Crippen LogP contribution in [0.5, 0.6) is 5.75 Å². The van der Waals surface area contributed by atoms with Gasteiger partial charge >= 0.3 is 5.97 Å². The van der Waals surface area contributed by atoms with Gasteiger partial charge in [0.15, 0.2) is 13.2 Å². The van der Waals surface area contributed by atoms with Crippen molar-refractivity contribution in [1.29, 1.82) is 0 Å². The Kier molecular flexibility index (Phi) is 7.72. The standard InChI is InChI=1S/C22H18BrNO4S/c23-16-7-6-8-17(13-16)27-15-22(26)28-14-21(25)24-19-11-4-5-12-20(19)29-18-9-2-1-3-10-18/h1-13H,14-15H2,(H,24,25). The van der Waals surface area contributed by atoms with Crippen LogP contribution in [0.1, 0.15) is 0 Å². The first kappa shape index (κ1) is 21.0. The summed E-state index contributed by atoms with van der Waals surface area (Å²) in [5, 5.41) is 2.78. The molecule has 0 unspecified atom stereocenters. The van der Waals surface area contributed by atoms with Crippen LogP contribution in [-0.2, 0) is 14.3 Å². The fraction of sp³-hybridized carbons (Fsp3) is 0.0909. The Bertz CT molecular complexity index is 981. The number of ether oxygens (including phenoxy) is 2. The number of hydrogen-bond acceptors (Lipinski definition) is 5. The maximum absolute atomic E-state index is 12.2. The molecule has 5 nitrogen and oxygen atoms in total. The number of amides is 1. The second-order valence-electron chi connectivity index (χ2n) is 5.87. The first-order valence-corrected chi connectivity index (χ1v) is 10.4. The maximum atomic E-state index is 12.2. The number of nitrogens with one attached hydrogen (secondary N) is 1. The van der Waals surface area contributed by atoms with Gasteiger partial charge in [0.25, 0.3) is 5.91 Å². The number of benzene rings is 3. The second-order valence-corrected chi connectivity index (χ2v) is 7.90. The molecule has 0 saturated carbocycles. The van der Waals surface area contributed by atoms with Crippen molar-refractivity contribution in [2.45, 2.75) is 9.79 Å². The summed E-state index contributed by atoms with van der Waals surface area (Å²) in [6.07, 6.45) is 0. The number of para-hydroxylation sites is 1. The summed E-state index contributed by atoms with van der Waals surface area (Å²) in [4.78, 5) is 26.0. The maximum Gasteiger partial charge on any atom is 0.344 e. The van der Waals surface area contributed by atoms with Gasteiger partial charge in [-0.25, -0.2) is 4.79 Å². The first-order valence-electron chi connectivity index (χ1n) is 8.76. The molecule has 0 aliphatic rings. The van der Waals surface area contributed by atoms with Gasteiger partial charge in [0.1, 0.15) is 5.75 Å². The second kappa shape index (κ2) is 10.7. The molecule has 0 fully saturated rings. The molecular weight excluding hydrogens is 454 g/mol. The predicted molar refractivity (Wildman–Crippen MR) is 116 cm³/mol. The average Bonchev–Trinajstić information content (AvgIpc) is 2.73. The third-order valence-corrected chi connectivity index (χ3v) is 5.23. The van der Waals surface area contributed by atoms with E-state index < -0.39 is 11.9 Å². The zero-order chi connectivity index (χ0) is 20.5. The van der Waals surface area contributed by atoms with E-state index in [1.165, 1.54) is 0 Å². The van der Waals surface area contributed by atoms with Crippen molar-refractivity contribution in [2.75, 3.05) is 18.5 Å². The Morgan fingerprint density at radius 3 is 2.45 bits per heavy atom. The summed E-state index contributed by atoms with van der Waals surface area (Å²) in [5.41, 5.74) is 0.660. The topological polar surface area (TPSA) is 64.6 Å². The summed E-state index contributed by atoms with van der Waals surface area (Å²) < 4.78 is 11.2. The zero-order valence-electron chi connectivity index (χ0n) is 15.3. The minimum absolute atomic E-state index is 0.274. The molecule has 29 heavy (non-hydrogen) atoms. The predicted octanol–water partition coefficient (Wildman–Crippen LogP) is 5.16. The van der Waals surface area contributed by atoms with E-state index in [2.05, 4.69) is 21.2 Å². The van der Waals surface area contributed by atoms with Crippen molar-refractivity contribution in [3.63, 3.8) is 0 Å². The van der Waals surface area contributed by atoms with Crippen LogP contribution < -0.4 is 10.1 Å². The van der Waals surface area contributed by atoms with Crippen LogP contribution in [0, 0.1) is 0 Å². The fourth-order valence-corrected chi connectivity index (χ4v) is 3.65. The molecule has 3 aromatic rings. The molecule has 0 saturated heterocycles. The van der Waals surface area contributed by atoms with E-state index >= 15 is 0 Å². The molecule has 0 spiro atoms. The molecule has 0 bridgehead atoms. The van der Waals surface area contributed by atoms with Gasteiger partial charge in [-0.05, 0) is 42.5 Å². The third kappa shape index (κ3) is 6.96. The molecule has 0 aliphatic carbocycles. The normalized spacial score (nSPS) is 10.2. The zero-order valence-corrected chi connectivity index (χ0v) is 17.7. The molecule has 0 aromatic heterocycles. The van der Waals surface area contributed by atoms with Gasteiger partial charge in [0.2, 0.25) is 0 Å². The van der Waals surface area contributed by atoms with Crippen LogP contribution in [0.2, 0.25) is 0 Å². The highest BCUT2D eigenvalue weighted by Crippen LogP contribution is 2.33. The van der Waals surface area contributed by atoms with Crippen molar-refractivity contribution >= 4 is 45.3 Å². The van der Waals surface area contributed by atoms with Gasteiger partial charge < -0.3 is 14.8 Å². The molecule has 1 N–H and O–H groups in total. The number of anilines is 1. The molecule has 0 radical (unpaired) electrons. The third-order valence-electron chi connectivity index (χ3n) is 3.65. The Morgan fingerprint density at radius 2 is 1.66 bits per heavy atom. The number of esters is 1. The molecule has 3 rings (SSSR count). The van der Waals surface area contributed by atoms with Crippen LogP contribution in [0.3, 0.4) is 0 Å². The van der Waals surface area contributed by atoms with E-state index in [0.717, 1.165) is 14.3 Å². The summed E-state index contributed by atoms with van der Waals surface area (Å²) in [6.45, 7) is -0.658. The van der Waals surface area contributed by atoms with Crippen molar-refractivity contribution < 1.29 is 19.1 Å². The van der Waals surface area contributed by atoms with Gasteiger partial charge in [-0.15, -0.1) is 0 Å². The fourth-order valence-electron chi connectivity index (χ4n) is 2.35. The number of halogens is 1. The van der Waals surface area contributed by atoms with Gasteiger partial charge in [-0.1, -0.05) is 64.1 Å². The van der Waals surface area contributed by atoms with E-state index in [9.17, 15) is 9.59 Å². The van der Waals surface area contributed by atoms with Crippen LogP contribution >= 0.6 is 27.7 Å². The molecule has 1 amide bonds. The number of rotatable bonds is 8. The van der Waals surface area contributed by atoms with Crippen LogP contribution in [-0.4, -0.2) is 25.1 Å². The molecule has 0 atom stereocenters. The van der Waals surface area contributed by atoms with E-state index in [1.54, 1.807) is 36.0 Å². The molecule has 148 valence electrons. The van der Waals surface area contributed by atoms with Gasteiger partial charge in [0, 0.05) is 14.3 Å². The minimum Gasteiger partial charge on any atom is -0.482 e. The molecule has 0 aliphatic heterocycles. The van der Waals surface area contributed by atoms with Gasteiger partial charge in [0.05, 0.1) is 5.69 Å². The van der Waals surface area contributed by atoms with Crippen molar-refractivity contribution in [2.24, 2.45) is 0 Å². The molecule has 3 aromatic carbocycles. The smallest absolute Gasteiger partial charge is 0.344 e. The summed E-state index contributed by atoms with van der Waals surface area (Å²) >= 11 is 4.87. The highest BCUT2D eigenvalue weighted by atomic mass is 79.9. The van der Waals surface area contributed by atoms with E-state index in [-0.39, 0.29) is 13.2 Å². The van der Waals surface area contributed by atoms with Crippen molar-refractivity contribution in [1.82, 2.24) is 0 Å². The Balaban J connectivity index is 1.49. The largest absolute Gasteiger partial charge is 0.482 e. The highest BCUT2D eigenvalue weighted by molar-refractivity contribution is 9.10. The number of carbonyl (C=O) groups excluding carboxylic acids is 2. The summed E-state index contributed by atoms with van der Waals surface area (Å²) in [6, 6.07) is 24.4. The quantitative estimate of drug-likeness (QED) is 0.459. The van der Waals surface area contributed by atoms with E-state index in [4.69, 9.17) is 9.47 Å². The van der Waals surface area contributed by atoms with Crippen LogP contribution in [0.25, 0.3) is 0 Å². The summed E-state index contributed by atoms with van der Waals surface area (Å²) in [5.74, 6) is -0.498. The van der Waals surface area contributed by atoms with Gasteiger partial charge in [-0.2, -0.15) is 0 Å². The SMILES string of the molecule is O=C(COC(=O)COc1cccc(Br)c1)Nc1ccccc1Sc1ccccc1. The minimum atomic E-state index is -0.618. The summed E-state index contributed by atoms with van der Waals surface area (Å²) in [7, 11) is 0. The van der Waals surface area contributed by atoms with Crippen molar-refractivity contribution in [3.8, 4) is 5.75 Å². The monoisotopic (exact) mass is 471 g/mol. The Morgan fingerprint density at radius 1 is 0.897 bits per heavy atom. The van der Waals surface area contributed by atoms with E-state index in [0.29, 0.717) is 11.4 Å². The Labute approximate surface area is 181 Å². The lowest BCUT2D eigenvalue weighted by molar-refractivity contribution is -0.149. The molecule has 7 heteroatoms. The number of hydrogen-bond donors (Lipinski definition) is 1. The van der Waals surface area contributed by atoms with Crippen LogP contribution in [0.4, 0.5) is 5.69 Å². The average molecular weight is 472 g/mol. The lowest BCUT2D eigenvalue weighted by atomic mass is 10.3. The highest BCUT2D eigenvalue weighted by Gasteiger charge is 2.11. The first-order chi connectivity index (χ1) is 14.1. The molecule has 0 heterocycles. The Hall–Kier alpha value is -2.77.